The number of aryl methyl sites for hydroxylation is 1. The van der Waals surface area contributed by atoms with Crippen LogP contribution in [-0.4, -0.2) is 64.7 Å². The summed E-state index contributed by atoms with van der Waals surface area (Å²) in [4.78, 5) is 43.1. The zero-order valence-electron chi connectivity index (χ0n) is 19.5. The molecule has 1 aliphatic heterocycles. The lowest BCUT2D eigenvalue weighted by atomic mass is 9.96. The Bertz CT molecular complexity index is 980. The second kappa shape index (κ2) is 10.5. The molecule has 0 radical (unpaired) electrons. The molecule has 0 spiro atoms. The minimum Gasteiger partial charge on any atom is -0.444 e. The van der Waals surface area contributed by atoms with Gasteiger partial charge in [0, 0.05) is 37.3 Å². The van der Waals surface area contributed by atoms with E-state index in [0.717, 1.165) is 12.0 Å². The van der Waals surface area contributed by atoms with Crippen molar-refractivity contribution in [3.8, 4) is 11.5 Å². The van der Waals surface area contributed by atoms with E-state index in [1.165, 1.54) is 0 Å². The first kappa shape index (κ1) is 24.2. The number of hydrogen-bond donors (Lipinski definition) is 2. The van der Waals surface area contributed by atoms with Crippen LogP contribution in [0.3, 0.4) is 0 Å². The molecule has 1 saturated heterocycles. The summed E-state index contributed by atoms with van der Waals surface area (Å²) in [6.45, 7) is 8.61. The Balaban J connectivity index is 1.47. The third-order valence-electron chi connectivity index (χ3n) is 5.08. The smallest absolute Gasteiger partial charge is 0.407 e. The maximum atomic E-state index is 13.0. The fourth-order valence-corrected chi connectivity index (χ4v) is 3.54. The number of carbonyl (C=O) groups excluding carboxylic acids is 3. The Labute approximate surface area is 193 Å². The topological polar surface area (TPSA) is 127 Å². The Morgan fingerprint density at radius 3 is 2.48 bits per heavy atom. The SMILES string of the molecule is Cc1noc(-c2ccc(C(=O)N3CCCC(C(=O)NCCNC(=O)OC(C)(C)C)C3)cc2)n1. The number of nitrogens with zero attached hydrogens (tertiary/aromatic N) is 3. The number of carbonyl (C=O) groups is 3. The van der Waals surface area contributed by atoms with Gasteiger partial charge in [-0.15, -0.1) is 0 Å². The predicted molar refractivity (Wildman–Crippen MR) is 120 cm³/mol. The number of benzene rings is 1. The van der Waals surface area contributed by atoms with Gasteiger partial charge in [0.15, 0.2) is 5.82 Å². The molecule has 0 saturated carbocycles. The molecule has 3 amide bonds. The van der Waals surface area contributed by atoms with Gasteiger partial charge >= 0.3 is 6.09 Å². The number of hydrogen-bond acceptors (Lipinski definition) is 7. The summed E-state index contributed by atoms with van der Waals surface area (Å²) in [6, 6.07) is 6.99. The van der Waals surface area contributed by atoms with Crippen LogP contribution in [0, 0.1) is 12.8 Å². The van der Waals surface area contributed by atoms with E-state index in [0.29, 0.717) is 43.3 Å². The third-order valence-corrected chi connectivity index (χ3v) is 5.08. The van der Waals surface area contributed by atoms with Gasteiger partial charge in [-0.2, -0.15) is 4.98 Å². The Morgan fingerprint density at radius 1 is 1.15 bits per heavy atom. The van der Waals surface area contributed by atoms with Crippen molar-refractivity contribution in [3.63, 3.8) is 0 Å². The van der Waals surface area contributed by atoms with Crippen LogP contribution in [0.4, 0.5) is 4.79 Å². The Morgan fingerprint density at radius 2 is 1.85 bits per heavy atom. The molecule has 3 rings (SSSR count). The van der Waals surface area contributed by atoms with Crippen LogP contribution in [0.5, 0.6) is 0 Å². The molecule has 2 heterocycles. The van der Waals surface area contributed by atoms with Gasteiger partial charge in [0.1, 0.15) is 5.60 Å². The summed E-state index contributed by atoms with van der Waals surface area (Å²) in [6.07, 6.45) is 0.940. The molecule has 0 bridgehead atoms. The standard InChI is InChI=1S/C23H31N5O5/c1-15-26-20(33-27-15)16-7-9-17(10-8-16)21(30)28-13-5-6-18(14-28)19(29)24-11-12-25-22(31)32-23(2,3)4/h7-10,18H,5-6,11-14H2,1-4H3,(H,24,29)(H,25,31). The highest BCUT2D eigenvalue weighted by Crippen LogP contribution is 2.21. The highest BCUT2D eigenvalue weighted by molar-refractivity contribution is 5.95. The van der Waals surface area contributed by atoms with Crippen molar-refractivity contribution < 1.29 is 23.6 Å². The summed E-state index contributed by atoms with van der Waals surface area (Å²) in [5.74, 6) is 0.420. The van der Waals surface area contributed by atoms with Crippen LogP contribution in [0.15, 0.2) is 28.8 Å². The largest absolute Gasteiger partial charge is 0.444 e. The first-order valence-corrected chi connectivity index (χ1v) is 11.1. The van der Waals surface area contributed by atoms with E-state index >= 15 is 0 Å². The van der Waals surface area contributed by atoms with E-state index in [1.807, 2.05) is 0 Å². The van der Waals surface area contributed by atoms with E-state index in [4.69, 9.17) is 9.26 Å². The Hall–Kier alpha value is -3.43. The normalized spacial score (nSPS) is 16.2. The minimum absolute atomic E-state index is 0.118. The van der Waals surface area contributed by atoms with Gasteiger partial charge in [0.25, 0.3) is 11.8 Å². The van der Waals surface area contributed by atoms with E-state index in [-0.39, 0.29) is 24.3 Å². The van der Waals surface area contributed by atoms with Crippen molar-refractivity contribution in [2.75, 3.05) is 26.2 Å². The van der Waals surface area contributed by atoms with Crippen LogP contribution < -0.4 is 10.6 Å². The van der Waals surface area contributed by atoms with Gasteiger partial charge in [-0.1, -0.05) is 5.16 Å². The van der Waals surface area contributed by atoms with E-state index < -0.39 is 11.7 Å². The quantitative estimate of drug-likeness (QED) is 0.638. The molecule has 1 aromatic heterocycles. The summed E-state index contributed by atoms with van der Waals surface area (Å²) < 4.78 is 10.3. The van der Waals surface area contributed by atoms with Crippen molar-refractivity contribution in [2.24, 2.45) is 5.92 Å². The second-order valence-corrected chi connectivity index (χ2v) is 9.03. The molecule has 2 N–H and O–H groups in total. The van der Waals surface area contributed by atoms with E-state index in [9.17, 15) is 14.4 Å². The number of ether oxygens (including phenoxy) is 1. The average molecular weight is 458 g/mol. The zero-order chi connectivity index (χ0) is 24.0. The molecular weight excluding hydrogens is 426 g/mol. The molecule has 1 fully saturated rings. The number of amides is 3. The second-order valence-electron chi connectivity index (χ2n) is 9.03. The number of aromatic nitrogens is 2. The maximum Gasteiger partial charge on any atom is 0.407 e. The highest BCUT2D eigenvalue weighted by Gasteiger charge is 2.29. The third kappa shape index (κ3) is 7.03. The van der Waals surface area contributed by atoms with Crippen LogP contribution >= 0.6 is 0 Å². The molecule has 1 aliphatic rings. The molecule has 10 heteroatoms. The van der Waals surface area contributed by atoms with Crippen LogP contribution in [0.2, 0.25) is 0 Å². The number of nitrogens with one attached hydrogen (secondary N) is 2. The van der Waals surface area contributed by atoms with Gasteiger partial charge in [0.05, 0.1) is 5.92 Å². The summed E-state index contributed by atoms with van der Waals surface area (Å²) in [7, 11) is 0. The van der Waals surface area contributed by atoms with Crippen LogP contribution in [0.25, 0.3) is 11.5 Å². The molecule has 2 aromatic rings. The van der Waals surface area contributed by atoms with Gasteiger partial charge in [-0.05, 0) is 64.8 Å². The van der Waals surface area contributed by atoms with Gasteiger partial charge < -0.3 is 24.8 Å². The molecule has 1 unspecified atom stereocenters. The number of piperidine rings is 1. The zero-order valence-corrected chi connectivity index (χ0v) is 19.5. The summed E-state index contributed by atoms with van der Waals surface area (Å²) >= 11 is 0. The number of alkyl carbamates (subject to hydrolysis) is 1. The monoisotopic (exact) mass is 457 g/mol. The van der Waals surface area contributed by atoms with Gasteiger partial charge in [-0.3, -0.25) is 9.59 Å². The lowest BCUT2D eigenvalue weighted by Crippen LogP contribution is -2.46. The van der Waals surface area contributed by atoms with Crippen molar-refractivity contribution in [1.29, 1.82) is 0 Å². The van der Waals surface area contributed by atoms with Crippen LogP contribution in [-0.2, 0) is 9.53 Å². The minimum atomic E-state index is -0.572. The fourth-order valence-electron chi connectivity index (χ4n) is 3.54. The molecule has 1 aromatic carbocycles. The lowest BCUT2D eigenvalue weighted by Gasteiger charge is -2.32. The van der Waals surface area contributed by atoms with Crippen molar-refractivity contribution in [2.45, 2.75) is 46.1 Å². The van der Waals surface area contributed by atoms with E-state index in [1.54, 1.807) is 56.9 Å². The van der Waals surface area contributed by atoms with Crippen molar-refractivity contribution in [3.05, 3.63) is 35.7 Å². The van der Waals surface area contributed by atoms with E-state index in [2.05, 4.69) is 20.8 Å². The number of likely N-dealkylation sites (tertiary alicyclic amines) is 1. The van der Waals surface area contributed by atoms with Crippen LogP contribution in [0.1, 0.15) is 49.8 Å². The predicted octanol–water partition coefficient (Wildman–Crippen LogP) is 2.54. The first-order chi connectivity index (χ1) is 15.6. The average Bonchev–Trinajstić information content (AvgIpc) is 3.21. The molecule has 1 atom stereocenters. The first-order valence-electron chi connectivity index (χ1n) is 11.1. The van der Waals surface area contributed by atoms with Crippen molar-refractivity contribution >= 4 is 17.9 Å². The molecule has 0 aliphatic carbocycles. The summed E-state index contributed by atoms with van der Waals surface area (Å²) in [5, 5.41) is 9.21. The molecule has 33 heavy (non-hydrogen) atoms. The fraction of sp³-hybridized carbons (Fsp3) is 0.522. The molecule has 10 nitrogen and oxygen atoms in total. The van der Waals surface area contributed by atoms with Crippen molar-refractivity contribution in [1.82, 2.24) is 25.7 Å². The Kier molecular flexibility index (Phi) is 7.67. The maximum absolute atomic E-state index is 13.0. The van der Waals surface area contributed by atoms with Gasteiger partial charge in [-0.25, -0.2) is 4.79 Å². The van der Waals surface area contributed by atoms with Gasteiger partial charge in [0.2, 0.25) is 5.91 Å². The lowest BCUT2D eigenvalue weighted by molar-refractivity contribution is -0.126. The highest BCUT2D eigenvalue weighted by atomic mass is 16.6. The molecular formula is C23H31N5O5. The molecule has 178 valence electrons. The number of rotatable bonds is 6. The summed E-state index contributed by atoms with van der Waals surface area (Å²) in [5.41, 5.74) is 0.707.